The number of carbonyl (C=O) groups is 2. The predicted octanol–water partition coefficient (Wildman–Crippen LogP) is 5.96. The molecule has 1 aliphatic rings. The van der Waals surface area contributed by atoms with Crippen molar-refractivity contribution in [2.24, 2.45) is 7.05 Å². The van der Waals surface area contributed by atoms with E-state index in [0.29, 0.717) is 29.0 Å². The van der Waals surface area contributed by atoms with Gasteiger partial charge in [0.1, 0.15) is 23.9 Å². The number of benzene rings is 3. The van der Waals surface area contributed by atoms with Crippen molar-refractivity contribution < 1.29 is 41.0 Å². The molecule has 39 heavy (non-hydrogen) atoms. The van der Waals surface area contributed by atoms with Crippen molar-refractivity contribution in [2.75, 3.05) is 0 Å². The number of carbonyl (C=O) groups excluding carboxylic acids is 2. The van der Waals surface area contributed by atoms with Gasteiger partial charge >= 0.3 is 0 Å². The number of fused-ring (bicyclic) bond motifs is 1. The van der Waals surface area contributed by atoms with Gasteiger partial charge in [0.2, 0.25) is 40.7 Å². The third-order valence-electron chi connectivity index (χ3n) is 5.81. The van der Waals surface area contributed by atoms with Crippen molar-refractivity contribution >= 4 is 46.3 Å². The number of amides is 2. The molecule has 0 spiro atoms. The molecule has 204 valence electrons. The molecule has 1 N–H and O–H groups in total. The number of nitrogens with one attached hydrogen (secondary N) is 1. The number of rotatable bonds is 7. The number of imidazole rings is 1. The van der Waals surface area contributed by atoms with Crippen molar-refractivity contribution in [1.82, 2.24) is 14.9 Å². The molecular weight excluding hydrogens is 569 g/mol. The van der Waals surface area contributed by atoms with Crippen LogP contribution in [0.2, 0.25) is 0 Å². The fourth-order valence-corrected chi connectivity index (χ4v) is 4.68. The number of imide groups is 1. The summed E-state index contributed by atoms with van der Waals surface area (Å²) in [4.78, 5) is 27.5. The molecule has 1 fully saturated rings. The van der Waals surface area contributed by atoms with E-state index in [1.54, 1.807) is 35.9 Å². The lowest BCUT2D eigenvalue weighted by atomic mass is 10.1. The highest BCUT2D eigenvalue weighted by Crippen LogP contribution is 2.34. The Hall–Kier alpha value is -3.84. The zero-order valence-corrected chi connectivity index (χ0v) is 21.4. The molecule has 0 aliphatic carbocycles. The Morgan fingerprint density at radius 2 is 1.54 bits per heavy atom. The summed E-state index contributed by atoms with van der Waals surface area (Å²) in [5, 5.41) is 1.41. The number of nitrogens with zero attached hydrogens (tertiary/aromatic N) is 2. The molecule has 7 nitrogen and oxygen atoms in total. The Balaban J connectivity index is 0.00000353. The van der Waals surface area contributed by atoms with Gasteiger partial charge in [-0.25, -0.2) is 18.2 Å². The topological polar surface area (TPSA) is 82.5 Å². The van der Waals surface area contributed by atoms with Gasteiger partial charge in [-0.2, -0.15) is 8.78 Å². The number of thioether (sulfide) groups is 1. The monoisotopic (exact) mass is 585 g/mol. The highest BCUT2D eigenvalue weighted by molar-refractivity contribution is 8.15. The Morgan fingerprint density at radius 3 is 2.15 bits per heavy atom. The van der Waals surface area contributed by atoms with E-state index in [1.165, 1.54) is 18.2 Å². The molecule has 1 aliphatic heterocycles. The SMILES string of the molecule is Cl.Cn1c(COc2ccc(CC3SC(=O)NC3=O)cc2)nc2ccc(Oc3c(F)c(F)c(F)c(F)c3F)cc21. The van der Waals surface area contributed by atoms with Gasteiger partial charge in [0.25, 0.3) is 5.24 Å². The number of aromatic nitrogens is 2. The molecule has 5 rings (SSSR count). The van der Waals surface area contributed by atoms with Crippen LogP contribution in [0.3, 0.4) is 0 Å². The van der Waals surface area contributed by atoms with E-state index in [4.69, 9.17) is 9.47 Å². The third-order valence-corrected chi connectivity index (χ3v) is 6.80. The van der Waals surface area contributed by atoms with Gasteiger partial charge in [0.05, 0.1) is 16.3 Å². The molecule has 3 aromatic carbocycles. The first-order chi connectivity index (χ1) is 18.1. The summed E-state index contributed by atoms with van der Waals surface area (Å²) in [5.74, 6) is -11.5. The number of halogens is 6. The fourth-order valence-electron chi connectivity index (χ4n) is 3.82. The lowest BCUT2D eigenvalue weighted by molar-refractivity contribution is -0.118. The van der Waals surface area contributed by atoms with Crippen molar-refractivity contribution in [1.29, 1.82) is 0 Å². The Bertz CT molecular complexity index is 1570. The van der Waals surface area contributed by atoms with Gasteiger partial charge in [-0.3, -0.25) is 14.9 Å². The van der Waals surface area contributed by atoms with Gasteiger partial charge < -0.3 is 14.0 Å². The van der Waals surface area contributed by atoms with Gasteiger partial charge in [-0.05, 0) is 36.2 Å². The summed E-state index contributed by atoms with van der Waals surface area (Å²) in [6.45, 7) is 0.0493. The van der Waals surface area contributed by atoms with Crippen LogP contribution in [0.1, 0.15) is 11.4 Å². The van der Waals surface area contributed by atoms with Crippen LogP contribution in [-0.4, -0.2) is 25.9 Å². The molecule has 2 heterocycles. The summed E-state index contributed by atoms with van der Waals surface area (Å²) in [6, 6.07) is 11.1. The number of aryl methyl sites for hydroxylation is 1. The van der Waals surface area contributed by atoms with Gasteiger partial charge in [0, 0.05) is 13.1 Å². The smallest absolute Gasteiger partial charge is 0.286 e. The summed E-state index contributed by atoms with van der Waals surface area (Å²) in [5.41, 5.74) is 1.79. The van der Waals surface area contributed by atoms with Crippen molar-refractivity contribution in [3.05, 3.63) is 82.9 Å². The first-order valence-electron chi connectivity index (χ1n) is 11.0. The van der Waals surface area contributed by atoms with E-state index in [2.05, 4.69) is 10.3 Å². The van der Waals surface area contributed by atoms with E-state index in [9.17, 15) is 31.5 Å². The van der Waals surface area contributed by atoms with Crippen LogP contribution in [0, 0.1) is 29.1 Å². The van der Waals surface area contributed by atoms with Crippen molar-refractivity contribution in [3.63, 3.8) is 0 Å². The largest absolute Gasteiger partial charge is 0.486 e. The van der Waals surface area contributed by atoms with E-state index >= 15 is 0 Å². The lowest BCUT2D eigenvalue weighted by Gasteiger charge is -2.10. The van der Waals surface area contributed by atoms with Gasteiger partial charge in [-0.1, -0.05) is 23.9 Å². The standard InChI is InChI=1S/C25H16F5N3O4S.ClH/c1-33-15-9-13(37-23-21(29)19(27)18(26)20(28)22(23)30)6-7-14(15)31-17(33)10-36-12-4-2-11(3-5-12)8-16-24(34)32-25(35)38-16;/h2-7,9,16H,8,10H2,1H3,(H,32,34,35);1H. The van der Waals surface area contributed by atoms with Crippen molar-refractivity contribution in [2.45, 2.75) is 18.3 Å². The molecule has 1 unspecified atom stereocenters. The summed E-state index contributed by atoms with van der Waals surface area (Å²) >= 11 is 0.952. The normalized spacial score (nSPS) is 14.9. The minimum atomic E-state index is -2.27. The van der Waals surface area contributed by atoms with Crippen LogP contribution in [-0.2, 0) is 24.9 Å². The van der Waals surface area contributed by atoms with Crippen molar-refractivity contribution in [3.8, 4) is 17.2 Å². The molecule has 1 saturated heterocycles. The molecule has 2 amide bonds. The predicted molar refractivity (Wildman–Crippen MR) is 134 cm³/mol. The summed E-state index contributed by atoms with van der Waals surface area (Å²) in [7, 11) is 1.66. The Labute approximate surface area is 227 Å². The second kappa shape index (κ2) is 11.1. The lowest BCUT2D eigenvalue weighted by Crippen LogP contribution is -2.25. The number of hydrogen-bond donors (Lipinski definition) is 1. The zero-order valence-electron chi connectivity index (χ0n) is 19.8. The molecule has 0 saturated carbocycles. The van der Waals surface area contributed by atoms with E-state index < -0.39 is 40.1 Å². The van der Waals surface area contributed by atoms with Crippen LogP contribution in [0.25, 0.3) is 11.0 Å². The maximum atomic E-state index is 14.0. The number of ether oxygens (including phenoxy) is 2. The van der Waals surface area contributed by atoms with Crippen LogP contribution >= 0.6 is 24.2 Å². The quantitative estimate of drug-likeness (QED) is 0.164. The Kier molecular flexibility index (Phi) is 8.02. The number of hydrogen-bond acceptors (Lipinski definition) is 6. The average Bonchev–Trinajstić information content (AvgIpc) is 3.40. The third kappa shape index (κ3) is 5.50. The Morgan fingerprint density at radius 1 is 0.923 bits per heavy atom. The van der Waals surface area contributed by atoms with Crippen LogP contribution < -0.4 is 14.8 Å². The molecule has 0 radical (unpaired) electrons. The first kappa shape index (κ1) is 28.2. The van der Waals surface area contributed by atoms with Crippen LogP contribution in [0.15, 0.2) is 42.5 Å². The summed E-state index contributed by atoms with van der Waals surface area (Å²) in [6.07, 6.45) is 0.392. The molecule has 14 heteroatoms. The molecule has 1 atom stereocenters. The second-order valence-corrected chi connectivity index (χ2v) is 9.43. The van der Waals surface area contributed by atoms with E-state index in [-0.39, 0.29) is 35.9 Å². The minimum Gasteiger partial charge on any atom is -0.486 e. The first-order valence-corrected chi connectivity index (χ1v) is 11.9. The fraction of sp³-hybridized carbons (Fsp3) is 0.160. The highest BCUT2D eigenvalue weighted by Gasteiger charge is 2.31. The maximum Gasteiger partial charge on any atom is 0.286 e. The maximum absolute atomic E-state index is 14.0. The summed E-state index contributed by atoms with van der Waals surface area (Å²) < 4.78 is 80.7. The minimum absolute atomic E-state index is 0. The van der Waals surface area contributed by atoms with Gasteiger partial charge in [-0.15, -0.1) is 12.4 Å². The van der Waals surface area contributed by atoms with Gasteiger partial charge in [0.15, 0.2) is 0 Å². The molecular formula is C25H17ClF5N3O4S. The van der Waals surface area contributed by atoms with E-state index in [0.717, 1.165) is 17.3 Å². The molecule has 1 aromatic heterocycles. The molecule has 4 aromatic rings. The van der Waals surface area contributed by atoms with Crippen LogP contribution in [0.5, 0.6) is 17.2 Å². The highest BCUT2D eigenvalue weighted by atomic mass is 35.5. The second-order valence-electron chi connectivity index (χ2n) is 8.26. The molecule has 0 bridgehead atoms. The van der Waals surface area contributed by atoms with Crippen LogP contribution in [0.4, 0.5) is 26.7 Å². The zero-order chi connectivity index (χ0) is 27.1. The average molecular weight is 586 g/mol. The van der Waals surface area contributed by atoms with E-state index in [1.807, 2.05) is 0 Å².